The van der Waals surface area contributed by atoms with Gasteiger partial charge >= 0.3 is 6.80 Å². The van der Waals surface area contributed by atoms with Crippen LogP contribution in [0.2, 0.25) is 10.0 Å². The van der Waals surface area contributed by atoms with Crippen molar-refractivity contribution >= 4 is 41.7 Å². The lowest BCUT2D eigenvalue weighted by Gasteiger charge is -2.18. The summed E-state index contributed by atoms with van der Waals surface area (Å²) in [6, 6.07) is 4.83. The summed E-state index contributed by atoms with van der Waals surface area (Å²) in [6.45, 7) is -2.56. The van der Waals surface area contributed by atoms with E-state index < -0.39 is 13.1 Å². The van der Waals surface area contributed by atoms with Crippen LogP contribution < -0.4 is 4.74 Å². The Hall–Kier alpha value is 0.0600. The molecule has 0 heterocycles. The molecule has 0 aliphatic heterocycles. The van der Waals surface area contributed by atoms with E-state index in [1.54, 1.807) is 25.1 Å². The largest absolute Gasteiger partial charge is 0.462 e. The zero-order chi connectivity index (χ0) is 13.8. The van der Waals surface area contributed by atoms with Crippen molar-refractivity contribution in [2.75, 3.05) is 0 Å². The van der Waals surface area contributed by atoms with Gasteiger partial charge in [0.25, 0.3) is 0 Å². The molecular formula is C9H11Cl2O5PS. The SMILES string of the molecule is CCC(OSP(=O)(O)O)Oc1cccc(Cl)c1Cl. The predicted molar refractivity (Wildman–Crippen MR) is 71.9 cm³/mol. The van der Waals surface area contributed by atoms with E-state index >= 15 is 0 Å². The Morgan fingerprint density at radius 3 is 2.67 bits per heavy atom. The Kier molecular flexibility index (Phi) is 6.27. The second kappa shape index (κ2) is 7.01. The molecule has 2 N–H and O–H groups in total. The zero-order valence-electron chi connectivity index (χ0n) is 9.25. The molecule has 0 saturated carbocycles. The minimum absolute atomic E-state index is 0.0612. The molecule has 102 valence electrons. The Bertz CT molecular complexity index is 453. The molecule has 1 aromatic rings. The summed E-state index contributed by atoms with van der Waals surface area (Å²) in [5.74, 6) is 0.294. The number of hydrogen-bond acceptors (Lipinski definition) is 4. The van der Waals surface area contributed by atoms with Crippen LogP contribution in [0.4, 0.5) is 0 Å². The van der Waals surface area contributed by atoms with E-state index in [9.17, 15) is 4.57 Å². The van der Waals surface area contributed by atoms with Crippen LogP contribution in [0.3, 0.4) is 0 Å². The maximum Gasteiger partial charge on any atom is 0.410 e. The van der Waals surface area contributed by atoms with Crippen LogP contribution in [-0.4, -0.2) is 16.1 Å². The molecule has 5 nitrogen and oxygen atoms in total. The molecule has 9 heteroatoms. The molecule has 0 saturated heterocycles. The molecule has 0 aliphatic carbocycles. The Balaban J connectivity index is 2.68. The minimum atomic E-state index is -4.30. The molecule has 1 atom stereocenters. The van der Waals surface area contributed by atoms with Gasteiger partial charge in [0, 0.05) is 6.42 Å². The highest BCUT2D eigenvalue weighted by molar-refractivity contribution is 8.52. The van der Waals surface area contributed by atoms with Crippen molar-refractivity contribution < 1.29 is 23.3 Å². The molecule has 0 radical (unpaired) electrons. The number of halogens is 2. The zero-order valence-corrected chi connectivity index (χ0v) is 12.5. The van der Waals surface area contributed by atoms with Gasteiger partial charge < -0.3 is 14.5 Å². The maximum atomic E-state index is 10.7. The lowest BCUT2D eigenvalue weighted by Crippen LogP contribution is -2.16. The van der Waals surface area contributed by atoms with Crippen LogP contribution in [0.25, 0.3) is 0 Å². The van der Waals surface area contributed by atoms with E-state index in [1.165, 1.54) is 0 Å². The summed E-state index contributed by atoms with van der Waals surface area (Å²) in [5, 5.41) is 0.550. The normalized spacial score (nSPS) is 13.4. The van der Waals surface area contributed by atoms with Crippen molar-refractivity contribution in [1.29, 1.82) is 0 Å². The summed E-state index contributed by atoms with van der Waals surface area (Å²) in [6.07, 6.45) is -0.450. The van der Waals surface area contributed by atoms with E-state index in [0.717, 1.165) is 0 Å². The van der Waals surface area contributed by atoms with Crippen LogP contribution in [0.15, 0.2) is 18.2 Å². The van der Waals surface area contributed by atoms with E-state index in [-0.39, 0.29) is 16.7 Å². The fourth-order valence-electron chi connectivity index (χ4n) is 0.992. The maximum absolute atomic E-state index is 10.7. The Morgan fingerprint density at radius 2 is 2.11 bits per heavy atom. The highest BCUT2D eigenvalue weighted by Gasteiger charge is 2.20. The molecule has 18 heavy (non-hydrogen) atoms. The first-order valence-corrected chi connectivity index (χ1v) is 8.56. The van der Waals surface area contributed by atoms with Crippen molar-refractivity contribution in [3.8, 4) is 5.75 Å². The first-order valence-electron chi connectivity index (χ1n) is 4.84. The molecule has 1 rings (SSSR count). The third-order valence-electron chi connectivity index (χ3n) is 1.76. The van der Waals surface area contributed by atoms with Gasteiger partial charge in [-0.3, -0.25) is 4.18 Å². The lowest BCUT2D eigenvalue weighted by molar-refractivity contribution is 0.0213. The standard InChI is InChI=1S/C9H11Cl2O5PS/c1-2-8(16-18-17(12,13)14)15-7-5-3-4-6(10)9(7)11/h3-5,8H,2H2,1H3,(H2,12,13,14). The van der Waals surface area contributed by atoms with Crippen LogP contribution >= 0.6 is 41.7 Å². The Morgan fingerprint density at radius 1 is 1.44 bits per heavy atom. The summed E-state index contributed by atoms with van der Waals surface area (Å²) >= 11 is 11.8. The number of hydrogen-bond donors (Lipinski definition) is 2. The average Bonchev–Trinajstić information content (AvgIpc) is 2.28. The minimum Gasteiger partial charge on any atom is -0.462 e. The highest BCUT2D eigenvalue weighted by Crippen LogP contribution is 2.51. The first-order chi connectivity index (χ1) is 8.33. The molecule has 1 unspecified atom stereocenters. The van der Waals surface area contributed by atoms with Crippen molar-refractivity contribution in [1.82, 2.24) is 0 Å². The monoisotopic (exact) mass is 332 g/mol. The molecule has 0 aromatic heterocycles. The summed E-state index contributed by atoms with van der Waals surface area (Å²) in [7, 11) is 0. The molecular weight excluding hydrogens is 322 g/mol. The van der Waals surface area contributed by atoms with Crippen molar-refractivity contribution in [2.24, 2.45) is 0 Å². The smallest absolute Gasteiger partial charge is 0.410 e. The van der Waals surface area contributed by atoms with Gasteiger partial charge in [0.15, 0.2) is 0 Å². The van der Waals surface area contributed by atoms with Gasteiger partial charge in [0.05, 0.1) is 5.02 Å². The van der Waals surface area contributed by atoms with Crippen molar-refractivity contribution in [3.63, 3.8) is 0 Å². The average molecular weight is 333 g/mol. The van der Waals surface area contributed by atoms with Gasteiger partial charge in [0.1, 0.15) is 22.4 Å². The summed E-state index contributed by atoms with van der Waals surface area (Å²) < 4.78 is 20.9. The van der Waals surface area contributed by atoms with Crippen LogP contribution in [0.1, 0.15) is 13.3 Å². The second-order valence-corrected chi connectivity index (χ2v) is 7.15. The number of rotatable bonds is 6. The van der Waals surface area contributed by atoms with Gasteiger partial charge in [0.2, 0.25) is 6.29 Å². The van der Waals surface area contributed by atoms with Gasteiger partial charge in [-0.15, -0.1) is 0 Å². The Labute approximate surface area is 118 Å². The topological polar surface area (TPSA) is 76.0 Å². The van der Waals surface area contributed by atoms with Crippen molar-refractivity contribution in [2.45, 2.75) is 19.6 Å². The van der Waals surface area contributed by atoms with E-state index in [2.05, 4.69) is 0 Å². The highest BCUT2D eigenvalue weighted by atomic mass is 35.5. The number of benzene rings is 1. The summed E-state index contributed by atoms with van der Waals surface area (Å²) in [5.41, 5.74) is 0. The quantitative estimate of drug-likeness (QED) is 0.468. The number of ether oxygens (including phenoxy) is 1. The van der Waals surface area contributed by atoms with Crippen molar-refractivity contribution in [3.05, 3.63) is 28.2 Å². The van der Waals surface area contributed by atoms with Gasteiger partial charge in [-0.05, 0) is 12.1 Å². The van der Waals surface area contributed by atoms with Gasteiger partial charge in [-0.2, -0.15) is 0 Å². The lowest BCUT2D eigenvalue weighted by atomic mass is 10.3. The molecule has 1 aromatic carbocycles. The molecule has 0 bridgehead atoms. The van der Waals surface area contributed by atoms with Gasteiger partial charge in [-0.25, -0.2) is 4.57 Å². The molecule has 0 fully saturated rings. The van der Waals surface area contributed by atoms with Crippen LogP contribution in [0, 0.1) is 0 Å². The van der Waals surface area contributed by atoms with Crippen LogP contribution in [0.5, 0.6) is 5.75 Å². The molecule has 0 spiro atoms. The molecule has 0 amide bonds. The van der Waals surface area contributed by atoms with E-state index in [0.29, 0.717) is 17.2 Å². The fourth-order valence-corrected chi connectivity index (χ4v) is 2.34. The fraction of sp³-hybridized carbons (Fsp3) is 0.333. The molecule has 0 aliphatic rings. The second-order valence-electron chi connectivity index (χ2n) is 3.17. The van der Waals surface area contributed by atoms with E-state index in [1.807, 2.05) is 0 Å². The first kappa shape index (κ1) is 16.1. The van der Waals surface area contributed by atoms with E-state index in [4.69, 9.17) is 41.9 Å². The van der Waals surface area contributed by atoms with Crippen LogP contribution in [-0.2, 0) is 8.75 Å². The predicted octanol–water partition coefficient (Wildman–Crippen LogP) is 3.87. The third kappa shape index (κ3) is 5.36. The van der Waals surface area contributed by atoms with Gasteiger partial charge in [-0.1, -0.05) is 36.2 Å². The third-order valence-corrected chi connectivity index (χ3v) is 3.89. The summed E-state index contributed by atoms with van der Waals surface area (Å²) in [4.78, 5) is 17.3.